The van der Waals surface area contributed by atoms with Crippen molar-refractivity contribution in [3.05, 3.63) is 59.9 Å². The summed E-state index contributed by atoms with van der Waals surface area (Å²) in [5.41, 5.74) is 1.18. The van der Waals surface area contributed by atoms with Gasteiger partial charge in [-0.2, -0.15) is 0 Å². The molecular weight excluding hydrogens is 306 g/mol. The van der Waals surface area contributed by atoms with Crippen molar-refractivity contribution in [2.45, 2.75) is 45.5 Å². The highest BCUT2D eigenvalue weighted by Crippen LogP contribution is 2.36. The summed E-state index contributed by atoms with van der Waals surface area (Å²) >= 11 is 0. The largest absolute Gasteiger partial charge is 0.494 e. The lowest BCUT2D eigenvalue weighted by molar-refractivity contribution is 0.00578. The van der Waals surface area contributed by atoms with Crippen molar-refractivity contribution in [1.82, 2.24) is 0 Å². The molecule has 126 valence electrons. The first-order valence-corrected chi connectivity index (χ1v) is 8.10. The highest BCUT2D eigenvalue weighted by atomic mass is 19.1. The predicted molar refractivity (Wildman–Crippen MR) is 92.9 cm³/mol. The second-order valence-corrected chi connectivity index (χ2v) is 7.07. The van der Waals surface area contributed by atoms with E-state index in [0.717, 1.165) is 16.8 Å². The van der Waals surface area contributed by atoms with Crippen molar-refractivity contribution in [2.24, 2.45) is 0 Å². The number of hydrogen-bond acceptors (Lipinski definition) is 3. The third-order valence-electron chi connectivity index (χ3n) is 4.72. The smallest absolute Gasteiger partial charge is 0.489 e. The van der Waals surface area contributed by atoms with Crippen LogP contribution in [0.5, 0.6) is 5.75 Å². The van der Waals surface area contributed by atoms with Gasteiger partial charge in [0.1, 0.15) is 18.2 Å². The van der Waals surface area contributed by atoms with Crippen LogP contribution in [-0.4, -0.2) is 18.3 Å². The van der Waals surface area contributed by atoms with Gasteiger partial charge in [0.25, 0.3) is 0 Å². The van der Waals surface area contributed by atoms with Crippen molar-refractivity contribution >= 4 is 12.6 Å². The Kier molecular flexibility index (Phi) is 4.41. The molecule has 1 aliphatic heterocycles. The first-order valence-electron chi connectivity index (χ1n) is 8.10. The van der Waals surface area contributed by atoms with Crippen LogP contribution in [0.3, 0.4) is 0 Å². The van der Waals surface area contributed by atoms with Crippen LogP contribution >= 0.6 is 0 Å². The van der Waals surface area contributed by atoms with E-state index in [-0.39, 0.29) is 24.1 Å². The molecule has 1 heterocycles. The van der Waals surface area contributed by atoms with E-state index in [1.807, 2.05) is 52.0 Å². The Morgan fingerprint density at radius 3 is 1.96 bits per heavy atom. The molecule has 0 aromatic heterocycles. The maximum atomic E-state index is 12.9. The van der Waals surface area contributed by atoms with Gasteiger partial charge in [0.15, 0.2) is 0 Å². The quantitative estimate of drug-likeness (QED) is 0.801. The molecule has 5 heteroatoms. The summed E-state index contributed by atoms with van der Waals surface area (Å²) in [4.78, 5) is 0. The lowest BCUT2D eigenvalue weighted by atomic mass is 9.79. The molecule has 0 radical (unpaired) electrons. The van der Waals surface area contributed by atoms with E-state index in [4.69, 9.17) is 14.0 Å². The Balaban J connectivity index is 1.63. The van der Waals surface area contributed by atoms with Crippen molar-refractivity contribution in [3.63, 3.8) is 0 Å². The molecule has 1 saturated heterocycles. The molecule has 0 amide bonds. The lowest BCUT2D eigenvalue weighted by Gasteiger charge is -2.32. The molecule has 3 nitrogen and oxygen atoms in total. The third kappa shape index (κ3) is 3.47. The Labute approximate surface area is 142 Å². The van der Waals surface area contributed by atoms with Gasteiger partial charge in [0.2, 0.25) is 0 Å². The monoisotopic (exact) mass is 328 g/mol. The number of benzene rings is 2. The fourth-order valence-corrected chi connectivity index (χ4v) is 2.45. The molecule has 0 N–H and O–H groups in total. The van der Waals surface area contributed by atoms with Crippen molar-refractivity contribution < 1.29 is 18.4 Å². The van der Waals surface area contributed by atoms with Crippen LogP contribution in [0.15, 0.2) is 48.5 Å². The van der Waals surface area contributed by atoms with Crippen LogP contribution in [0.2, 0.25) is 0 Å². The van der Waals surface area contributed by atoms with E-state index in [1.165, 1.54) is 12.1 Å². The van der Waals surface area contributed by atoms with Gasteiger partial charge in [-0.3, -0.25) is 0 Å². The molecule has 2 aromatic rings. The average molecular weight is 328 g/mol. The van der Waals surface area contributed by atoms with Gasteiger partial charge in [-0.1, -0.05) is 24.3 Å². The number of rotatable bonds is 4. The fraction of sp³-hybridized carbons (Fsp3) is 0.368. The molecular formula is C19H22BFO3. The topological polar surface area (TPSA) is 27.7 Å². The highest BCUT2D eigenvalue weighted by Gasteiger charge is 2.51. The van der Waals surface area contributed by atoms with Gasteiger partial charge in [-0.25, -0.2) is 4.39 Å². The van der Waals surface area contributed by atoms with Crippen LogP contribution in [-0.2, 0) is 15.9 Å². The molecule has 24 heavy (non-hydrogen) atoms. The van der Waals surface area contributed by atoms with Gasteiger partial charge in [-0.05, 0) is 63.0 Å². The lowest BCUT2D eigenvalue weighted by Crippen LogP contribution is -2.41. The number of halogens is 1. The molecule has 0 bridgehead atoms. The van der Waals surface area contributed by atoms with Gasteiger partial charge in [-0.15, -0.1) is 0 Å². The third-order valence-corrected chi connectivity index (χ3v) is 4.72. The minimum Gasteiger partial charge on any atom is -0.489 e. The van der Waals surface area contributed by atoms with E-state index >= 15 is 0 Å². The van der Waals surface area contributed by atoms with Gasteiger partial charge in [0.05, 0.1) is 11.2 Å². The SMILES string of the molecule is CC1(C)OB(c2ccc(OCc3ccc(F)cc3)cc2)OC1(C)C. The first-order chi connectivity index (χ1) is 11.3. The minimum atomic E-state index is -0.374. The highest BCUT2D eigenvalue weighted by molar-refractivity contribution is 6.62. The maximum Gasteiger partial charge on any atom is 0.494 e. The summed E-state index contributed by atoms with van der Waals surface area (Å²) in [6, 6.07) is 14.0. The molecule has 2 aromatic carbocycles. The van der Waals surface area contributed by atoms with Crippen molar-refractivity contribution in [3.8, 4) is 5.75 Å². The van der Waals surface area contributed by atoms with Gasteiger partial charge >= 0.3 is 7.12 Å². The molecule has 1 fully saturated rings. The summed E-state index contributed by atoms with van der Waals surface area (Å²) in [7, 11) is -0.374. The van der Waals surface area contributed by atoms with E-state index in [0.29, 0.717) is 6.61 Å². The van der Waals surface area contributed by atoms with Crippen LogP contribution in [0, 0.1) is 5.82 Å². The van der Waals surface area contributed by atoms with E-state index in [1.54, 1.807) is 12.1 Å². The van der Waals surface area contributed by atoms with Crippen molar-refractivity contribution in [2.75, 3.05) is 0 Å². The number of ether oxygens (including phenoxy) is 1. The predicted octanol–water partition coefficient (Wildman–Crippen LogP) is 3.70. The normalized spacial score (nSPS) is 18.6. The van der Waals surface area contributed by atoms with Crippen LogP contribution in [0.1, 0.15) is 33.3 Å². The molecule has 0 saturated carbocycles. The first kappa shape index (κ1) is 17.0. The molecule has 0 aliphatic carbocycles. The van der Waals surface area contributed by atoms with Crippen LogP contribution in [0.4, 0.5) is 4.39 Å². The molecule has 0 atom stereocenters. The van der Waals surface area contributed by atoms with E-state index in [9.17, 15) is 4.39 Å². The summed E-state index contributed by atoms with van der Waals surface area (Å²) in [5.74, 6) is 0.505. The zero-order valence-corrected chi connectivity index (χ0v) is 14.5. The van der Waals surface area contributed by atoms with Crippen LogP contribution < -0.4 is 10.2 Å². The van der Waals surface area contributed by atoms with Crippen LogP contribution in [0.25, 0.3) is 0 Å². The maximum absolute atomic E-state index is 12.9. The summed E-state index contributed by atoms with van der Waals surface area (Å²) < 4.78 is 30.7. The minimum absolute atomic E-state index is 0.245. The fourth-order valence-electron chi connectivity index (χ4n) is 2.45. The molecule has 1 aliphatic rings. The van der Waals surface area contributed by atoms with Gasteiger partial charge in [0, 0.05) is 0 Å². The molecule has 3 rings (SSSR count). The molecule has 0 spiro atoms. The zero-order chi connectivity index (χ0) is 17.4. The summed E-state index contributed by atoms with van der Waals surface area (Å²) in [6.07, 6.45) is 0. The number of hydrogen-bond donors (Lipinski definition) is 0. The average Bonchev–Trinajstić information content (AvgIpc) is 2.75. The Morgan fingerprint density at radius 2 is 1.42 bits per heavy atom. The Hall–Kier alpha value is -1.85. The Bertz CT molecular complexity index is 680. The summed E-state index contributed by atoms with van der Waals surface area (Å²) in [5, 5.41) is 0. The van der Waals surface area contributed by atoms with E-state index < -0.39 is 0 Å². The Morgan fingerprint density at radius 1 is 0.875 bits per heavy atom. The molecule has 0 unspecified atom stereocenters. The van der Waals surface area contributed by atoms with Gasteiger partial charge < -0.3 is 14.0 Å². The second-order valence-electron chi connectivity index (χ2n) is 7.07. The second kappa shape index (κ2) is 6.23. The zero-order valence-electron chi connectivity index (χ0n) is 14.5. The standard InChI is InChI=1S/C19H22BFO3/c1-18(2)19(3,4)24-20(23-18)15-7-11-17(12-8-15)22-13-14-5-9-16(21)10-6-14/h5-12H,13H2,1-4H3. The van der Waals surface area contributed by atoms with Crippen molar-refractivity contribution in [1.29, 1.82) is 0 Å². The van der Waals surface area contributed by atoms with E-state index in [2.05, 4.69) is 0 Å². The summed E-state index contributed by atoms with van der Waals surface area (Å²) in [6.45, 7) is 8.54.